The van der Waals surface area contributed by atoms with Crippen LogP contribution in [0.3, 0.4) is 0 Å². The third kappa shape index (κ3) is 2.51. The fourth-order valence-electron chi connectivity index (χ4n) is 4.69. The van der Waals surface area contributed by atoms with Crippen LogP contribution in [0.15, 0.2) is 35.1 Å². The third-order valence-corrected chi connectivity index (χ3v) is 7.12. The molecule has 5 rings (SSSR count). The first-order valence-corrected chi connectivity index (χ1v) is 9.99. The van der Waals surface area contributed by atoms with E-state index in [1.165, 1.54) is 6.07 Å². The molecule has 5 nitrogen and oxygen atoms in total. The van der Waals surface area contributed by atoms with Crippen LogP contribution in [0.1, 0.15) is 35.8 Å². The van der Waals surface area contributed by atoms with E-state index in [0.29, 0.717) is 0 Å². The van der Waals surface area contributed by atoms with E-state index >= 15 is 0 Å². The first-order valence-electron chi connectivity index (χ1n) is 9.20. The molecular weight excluding hydrogens is 411 g/mol. The zero-order chi connectivity index (χ0) is 18.8. The topological polar surface area (TPSA) is 53.7 Å². The minimum absolute atomic E-state index is 0.201. The highest BCUT2D eigenvalue weighted by Crippen LogP contribution is 2.52. The molecule has 27 heavy (non-hydrogen) atoms. The second-order valence-electron chi connectivity index (χ2n) is 7.71. The molecule has 3 aromatic rings. The van der Waals surface area contributed by atoms with Gasteiger partial charge in [0.2, 0.25) is 0 Å². The number of rotatable bonds is 1. The van der Waals surface area contributed by atoms with Crippen LogP contribution in [0.2, 0.25) is 0 Å². The van der Waals surface area contributed by atoms with Crippen molar-refractivity contribution in [1.82, 2.24) is 14.6 Å². The Morgan fingerprint density at radius 2 is 2.04 bits per heavy atom. The number of nitrogens with zero attached hydrogens (tertiary/aromatic N) is 4. The van der Waals surface area contributed by atoms with E-state index in [9.17, 15) is 9.50 Å². The summed E-state index contributed by atoms with van der Waals surface area (Å²) < 4.78 is 16.3. The van der Waals surface area contributed by atoms with Crippen LogP contribution < -0.4 is 4.90 Å². The number of piperidine rings is 1. The standard InChI is InChI=1S/C20H20BrFN4O/c1-12-18(21)26-16(4-7-23-26)19(24-12)25-8-5-20(6-9-25)11-13-10-14(22)2-3-15(13)17(20)27/h2-4,7,10,17,27H,5-6,8-9,11H2,1H3. The fourth-order valence-corrected chi connectivity index (χ4v) is 5.06. The summed E-state index contributed by atoms with van der Waals surface area (Å²) in [6, 6.07) is 6.74. The summed E-state index contributed by atoms with van der Waals surface area (Å²) in [5.41, 5.74) is 3.51. The number of aliphatic hydroxyl groups is 1. The maximum atomic E-state index is 13.6. The maximum Gasteiger partial charge on any atom is 0.155 e. The van der Waals surface area contributed by atoms with Gasteiger partial charge in [0.1, 0.15) is 15.9 Å². The number of halogens is 2. The van der Waals surface area contributed by atoms with Gasteiger partial charge in [0.05, 0.1) is 18.0 Å². The highest BCUT2D eigenvalue weighted by Gasteiger charge is 2.47. The predicted octanol–water partition coefficient (Wildman–Crippen LogP) is 3.82. The van der Waals surface area contributed by atoms with E-state index in [4.69, 9.17) is 4.98 Å². The summed E-state index contributed by atoms with van der Waals surface area (Å²) >= 11 is 3.55. The van der Waals surface area contributed by atoms with Gasteiger partial charge >= 0.3 is 0 Å². The Balaban J connectivity index is 1.43. The van der Waals surface area contributed by atoms with Crippen LogP contribution in [0.4, 0.5) is 10.2 Å². The first-order chi connectivity index (χ1) is 13.0. The molecule has 3 heterocycles. The molecular formula is C20H20BrFN4O. The van der Waals surface area contributed by atoms with E-state index in [0.717, 1.165) is 65.1 Å². The second kappa shape index (κ2) is 6.01. The summed E-state index contributed by atoms with van der Waals surface area (Å²) in [5, 5.41) is 15.3. The molecule has 1 unspecified atom stereocenters. The Morgan fingerprint density at radius 1 is 1.26 bits per heavy atom. The van der Waals surface area contributed by atoms with Gasteiger partial charge in [0, 0.05) is 18.5 Å². The SMILES string of the molecule is Cc1nc(N2CCC3(CC2)Cc2cc(F)ccc2C3O)c2ccnn2c1Br. The summed E-state index contributed by atoms with van der Waals surface area (Å²) in [7, 11) is 0. The predicted molar refractivity (Wildman–Crippen MR) is 104 cm³/mol. The monoisotopic (exact) mass is 430 g/mol. The quantitative estimate of drug-likeness (QED) is 0.637. The highest BCUT2D eigenvalue weighted by molar-refractivity contribution is 9.10. The van der Waals surface area contributed by atoms with E-state index < -0.39 is 6.10 Å². The lowest BCUT2D eigenvalue weighted by molar-refractivity contribution is 0.0196. The Hall–Kier alpha value is -1.99. The van der Waals surface area contributed by atoms with Crippen LogP contribution in [0.25, 0.3) is 5.52 Å². The fraction of sp³-hybridized carbons (Fsp3) is 0.400. The molecule has 1 atom stereocenters. The largest absolute Gasteiger partial charge is 0.388 e. The Kier molecular flexibility index (Phi) is 3.81. The zero-order valence-corrected chi connectivity index (χ0v) is 16.6. The van der Waals surface area contributed by atoms with Crippen molar-refractivity contribution in [2.45, 2.75) is 32.3 Å². The molecule has 1 aromatic carbocycles. The van der Waals surface area contributed by atoms with Gasteiger partial charge in [-0.15, -0.1) is 0 Å². The van der Waals surface area contributed by atoms with Crippen molar-refractivity contribution in [1.29, 1.82) is 0 Å². The zero-order valence-electron chi connectivity index (χ0n) is 15.0. The number of aromatic nitrogens is 3. The van der Waals surface area contributed by atoms with Crippen LogP contribution in [-0.2, 0) is 6.42 Å². The van der Waals surface area contributed by atoms with Gasteiger partial charge < -0.3 is 10.0 Å². The van der Waals surface area contributed by atoms with E-state index in [1.807, 2.05) is 17.5 Å². The molecule has 1 N–H and O–H groups in total. The molecule has 7 heteroatoms. The van der Waals surface area contributed by atoms with Gasteiger partial charge in [-0.3, -0.25) is 0 Å². The highest BCUT2D eigenvalue weighted by atomic mass is 79.9. The van der Waals surface area contributed by atoms with Gasteiger partial charge in [0.15, 0.2) is 5.82 Å². The lowest BCUT2D eigenvalue weighted by Crippen LogP contribution is -2.43. The molecule has 1 spiro atoms. The molecule has 1 aliphatic heterocycles. The minimum atomic E-state index is -0.523. The molecule has 1 saturated heterocycles. The number of hydrogen-bond donors (Lipinski definition) is 1. The maximum absolute atomic E-state index is 13.6. The Bertz CT molecular complexity index is 1040. The van der Waals surface area contributed by atoms with Gasteiger partial charge in [-0.2, -0.15) is 5.10 Å². The third-order valence-electron chi connectivity index (χ3n) is 6.21. The minimum Gasteiger partial charge on any atom is -0.388 e. The van der Waals surface area contributed by atoms with Crippen molar-refractivity contribution < 1.29 is 9.50 Å². The molecule has 2 aliphatic rings. The van der Waals surface area contributed by atoms with E-state index in [-0.39, 0.29) is 11.2 Å². The van der Waals surface area contributed by atoms with Gasteiger partial charge in [0.25, 0.3) is 0 Å². The Labute approximate surface area is 165 Å². The number of aliphatic hydroxyl groups excluding tert-OH is 1. The van der Waals surface area contributed by atoms with Crippen LogP contribution in [0.5, 0.6) is 0 Å². The van der Waals surface area contributed by atoms with E-state index in [1.54, 1.807) is 18.3 Å². The smallest absolute Gasteiger partial charge is 0.155 e. The van der Waals surface area contributed by atoms with Crippen molar-refractivity contribution in [3.63, 3.8) is 0 Å². The van der Waals surface area contributed by atoms with Gasteiger partial charge in [-0.05, 0) is 71.4 Å². The molecule has 0 amide bonds. The summed E-state index contributed by atoms with van der Waals surface area (Å²) in [4.78, 5) is 7.06. The summed E-state index contributed by atoms with van der Waals surface area (Å²) in [5.74, 6) is 0.701. The van der Waals surface area contributed by atoms with Crippen molar-refractivity contribution >= 4 is 27.3 Å². The first kappa shape index (κ1) is 17.1. The van der Waals surface area contributed by atoms with Gasteiger partial charge in [-0.25, -0.2) is 13.9 Å². The summed E-state index contributed by atoms with van der Waals surface area (Å²) in [6.07, 6.45) is 3.69. The van der Waals surface area contributed by atoms with Gasteiger partial charge in [-0.1, -0.05) is 6.07 Å². The number of benzene rings is 1. The molecule has 0 bridgehead atoms. The second-order valence-corrected chi connectivity index (χ2v) is 8.46. The van der Waals surface area contributed by atoms with Crippen molar-refractivity contribution in [3.8, 4) is 0 Å². The molecule has 1 fully saturated rings. The van der Waals surface area contributed by atoms with Crippen molar-refractivity contribution in [3.05, 3.63) is 57.7 Å². The number of aryl methyl sites for hydroxylation is 1. The molecule has 0 saturated carbocycles. The Morgan fingerprint density at radius 3 is 2.81 bits per heavy atom. The molecule has 2 aromatic heterocycles. The lowest BCUT2D eigenvalue weighted by atomic mass is 9.74. The van der Waals surface area contributed by atoms with E-state index in [2.05, 4.69) is 25.9 Å². The average molecular weight is 431 g/mol. The average Bonchev–Trinajstić information content (AvgIpc) is 3.24. The molecule has 140 valence electrons. The molecule has 1 aliphatic carbocycles. The van der Waals surface area contributed by atoms with Crippen molar-refractivity contribution in [2.75, 3.05) is 18.0 Å². The molecule has 0 radical (unpaired) electrons. The van der Waals surface area contributed by atoms with Crippen LogP contribution in [-0.4, -0.2) is 32.8 Å². The lowest BCUT2D eigenvalue weighted by Gasteiger charge is -2.42. The van der Waals surface area contributed by atoms with Crippen LogP contribution in [0, 0.1) is 18.2 Å². The number of hydrogen-bond acceptors (Lipinski definition) is 4. The van der Waals surface area contributed by atoms with Crippen LogP contribution >= 0.6 is 15.9 Å². The van der Waals surface area contributed by atoms with Crippen molar-refractivity contribution in [2.24, 2.45) is 5.41 Å². The number of anilines is 1. The number of fused-ring (bicyclic) bond motifs is 2. The summed E-state index contributed by atoms with van der Waals surface area (Å²) in [6.45, 7) is 3.58. The normalized spacial score (nSPS) is 21.2.